The Morgan fingerprint density at radius 1 is 0.960 bits per heavy atom. The maximum atomic E-state index is 11.6. The monoisotopic (exact) mass is 351 g/mol. The van der Waals surface area contributed by atoms with Crippen molar-refractivity contribution in [1.82, 2.24) is 25.0 Å². The third-order valence-electron chi connectivity index (χ3n) is 2.76. The number of amides is 1. The molecule has 0 saturated carbocycles. The van der Waals surface area contributed by atoms with Gasteiger partial charge in [-0.05, 0) is 0 Å². The maximum absolute atomic E-state index is 11.6. The second-order valence-electron chi connectivity index (χ2n) is 4.18. The van der Waals surface area contributed by atoms with Gasteiger partial charge in [-0.1, -0.05) is 0 Å². The van der Waals surface area contributed by atoms with Gasteiger partial charge in [-0.2, -0.15) is 0 Å². The number of ether oxygens (including phenoxy) is 2. The quantitative estimate of drug-likeness (QED) is 0.749. The zero-order chi connectivity index (χ0) is 18.8. The van der Waals surface area contributed by atoms with Crippen LogP contribution in [-0.4, -0.2) is 70.4 Å². The number of carboxylic acid groups (broad SMARTS) is 1. The predicted molar refractivity (Wildman–Crippen MR) is 83.2 cm³/mol. The van der Waals surface area contributed by atoms with E-state index in [-0.39, 0.29) is 28.8 Å². The largest absolute Gasteiger partial charge is 0.480 e. The summed E-state index contributed by atoms with van der Waals surface area (Å²) >= 11 is 0. The van der Waals surface area contributed by atoms with E-state index in [1.807, 2.05) is 0 Å². The number of carbonyl (C=O) groups is 2. The molecule has 0 unspecified atom stereocenters. The molecule has 0 bridgehead atoms. The molecule has 11 heteroatoms. The van der Waals surface area contributed by atoms with Crippen molar-refractivity contribution in [3.63, 3.8) is 0 Å². The van der Waals surface area contributed by atoms with Crippen LogP contribution in [0.1, 0.15) is 20.7 Å². The van der Waals surface area contributed by atoms with Crippen molar-refractivity contribution in [2.45, 2.75) is 0 Å². The van der Waals surface area contributed by atoms with Crippen LogP contribution in [-0.2, 0) is 4.84 Å². The van der Waals surface area contributed by atoms with Crippen molar-refractivity contribution in [3.05, 3.63) is 36.2 Å². The summed E-state index contributed by atoms with van der Waals surface area (Å²) in [6, 6.07) is 0. The lowest BCUT2D eigenvalue weighted by Crippen LogP contribution is -2.26. The fourth-order valence-corrected chi connectivity index (χ4v) is 1.51. The number of aromatic carboxylic acids is 1. The maximum Gasteiger partial charge on any atom is 0.342 e. The van der Waals surface area contributed by atoms with Gasteiger partial charge in [0.25, 0.3) is 5.91 Å². The Balaban J connectivity index is 0.000000257. The van der Waals surface area contributed by atoms with Gasteiger partial charge in [0.05, 0.1) is 21.3 Å². The highest BCUT2D eigenvalue weighted by Gasteiger charge is 2.17. The van der Waals surface area contributed by atoms with Gasteiger partial charge in [0, 0.05) is 19.4 Å². The molecule has 2 aromatic rings. The van der Waals surface area contributed by atoms with Gasteiger partial charge in [0.15, 0.2) is 0 Å². The molecule has 2 heterocycles. The number of hydroxylamine groups is 2. The lowest BCUT2D eigenvalue weighted by molar-refractivity contribution is -0.0759. The Morgan fingerprint density at radius 3 is 1.84 bits per heavy atom. The molecule has 0 radical (unpaired) electrons. The molecule has 1 amide bonds. The number of rotatable bonds is 5. The first-order chi connectivity index (χ1) is 12.0. The molecule has 0 aliphatic heterocycles. The SMILES string of the molecule is COc1ncncc1C(=O)N(C)OC.COc1ncncc1C(=O)O. The zero-order valence-corrected chi connectivity index (χ0v) is 14.0. The first-order valence-electron chi connectivity index (χ1n) is 6.69. The van der Waals surface area contributed by atoms with E-state index in [9.17, 15) is 9.59 Å². The number of carboxylic acids is 1. The number of nitrogens with zero attached hydrogens (tertiary/aromatic N) is 5. The van der Waals surface area contributed by atoms with Gasteiger partial charge in [-0.25, -0.2) is 29.8 Å². The van der Waals surface area contributed by atoms with Gasteiger partial charge in [-0.3, -0.25) is 9.63 Å². The first-order valence-corrected chi connectivity index (χ1v) is 6.69. The minimum atomic E-state index is -1.09. The van der Waals surface area contributed by atoms with E-state index < -0.39 is 5.97 Å². The minimum Gasteiger partial charge on any atom is -0.480 e. The van der Waals surface area contributed by atoms with Gasteiger partial charge in [-0.15, -0.1) is 0 Å². The summed E-state index contributed by atoms with van der Waals surface area (Å²) in [5.41, 5.74) is 0.231. The number of hydrogen-bond donors (Lipinski definition) is 1. The molecule has 0 aromatic carbocycles. The normalized spacial score (nSPS) is 9.44. The molecule has 2 aromatic heterocycles. The predicted octanol–water partition coefficient (Wildman–Crippen LogP) is 0.302. The third kappa shape index (κ3) is 5.35. The van der Waals surface area contributed by atoms with E-state index in [1.165, 1.54) is 53.4 Å². The number of aromatic nitrogens is 4. The fourth-order valence-electron chi connectivity index (χ4n) is 1.51. The fraction of sp³-hybridized carbons (Fsp3) is 0.286. The molecule has 0 atom stereocenters. The number of hydrogen-bond acceptors (Lipinski definition) is 9. The highest BCUT2D eigenvalue weighted by atomic mass is 16.7. The number of methoxy groups -OCH3 is 2. The van der Waals surface area contributed by atoms with Crippen LogP contribution in [0.5, 0.6) is 11.8 Å². The van der Waals surface area contributed by atoms with Crippen molar-refractivity contribution >= 4 is 11.9 Å². The van der Waals surface area contributed by atoms with Crippen LogP contribution in [0.4, 0.5) is 0 Å². The molecule has 134 valence electrons. The molecule has 0 aliphatic carbocycles. The van der Waals surface area contributed by atoms with E-state index in [1.54, 1.807) is 0 Å². The van der Waals surface area contributed by atoms with Crippen LogP contribution in [0.2, 0.25) is 0 Å². The lowest BCUT2D eigenvalue weighted by atomic mass is 10.3. The van der Waals surface area contributed by atoms with E-state index in [4.69, 9.17) is 14.7 Å². The third-order valence-corrected chi connectivity index (χ3v) is 2.76. The average molecular weight is 351 g/mol. The van der Waals surface area contributed by atoms with Crippen molar-refractivity contribution in [2.75, 3.05) is 28.4 Å². The minimum absolute atomic E-state index is 0.0324. The van der Waals surface area contributed by atoms with E-state index in [0.29, 0.717) is 0 Å². The Bertz CT molecular complexity index is 726. The molecule has 2 rings (SSSR count). The van der Waals surface area contributed by atoms with Crippen LogP contribution in [0.25, 0.3) is 0 Å². The Kier molecular flexibility index (Phi) is 7.66. The Hall–Kier alpha value is -3.34. The zero-order valence-electron chi connectivity index (χ0n) is 14.0. The second-order valence-corrected chi connectivity index (χ2v) is 4.18. The molecule has 0 saturated heterocycles. The topological polar surface area (TPSA) is 137 Å². The van der Waals surface area contributed by atoms with Gasteiger partial charge < -0.3 is 14.6 Å². The summed E-state index contributed by atoms with van der Waals surface area (Å²) in [4.78, 5) is 41.4. The van der Waals surface area contributed by atoms with Crippen LogP contribution in [0, 0.1) is 0 Å². The first kappa shape index (κ1) is 19.7. The molecule has 0 spiro atoms. The van der Waals surface area contributed by atoms with E-state index >= 15 is 0 Å². The molecular formula is C14H17N5O6. The summed E-state index contributed by atoms with van der Waals surface area (Å²) in [5, 5.41) is 9.61. The van der Waals surface area contributed by atoms with Gasteiger partial charge >= 0.3 is 5.97 Å². The Labute approximate surface area is 143 Å². The van der Waals surface area contributed by atoms with Crippen molar-refractivity contribution < 1.29 is 29.0 Å². The second kappa shape index (κ2) is 9.72. The highest BCUT2D eigenvalue weighted by Crippen LogP contribution is 2.14. The highest BCUT2D eigenvalue weighted by molar-refractivity contribution is 5.95. The summed E-state index contributed by atoms with van der Waals surface area (Å²) < 4.78 is 9.58. The molecule has 0 aliphatic rings. The summed E-state index contributed by atoms with van der Waals surface area (Å²) in [5.74, 6) is -1.14. The van der Waals surface area contributed by atoms with Crippen molar-refractivity contribution in [1.29, 1.82) is 0 Å². The van der Waals surface area contributed by atoms with Crippen molar-refractivity contribution in [3.8, 4) is 11.8 Å². The van der Waals surface area contributed by atoms with Crippen LogP contribution in [0.15, 0.2) is 25.0 Å². The Morgan fingerprint density at radius 2 is 1.44 bits per heavy atom. The van der Waals surface area contributed by atoms with Gasteiger partial charge in [0.2, 0.25) is 11.8 Å². The molecule has 11 nitrogen and oxygen atoms in total. The molecular weight excluding hydrogens is 334 g/mol. The summed E-state index contributed by atoms with van der Waals surface area (Å²) in [6.07, 6.45) is 5.10. The van der Waals surface area contributed by atoms with Crippen molar-refractivity contribution in [2.24, 2.45) is 0 Å². The average Bonchev–Trinajstić information content (AvgIpc) is 2.67. The number of carbonyl (C=O) groups excluding carboxylic acids is 1. The standard InChI is InChI=1S/C8H11N3O3.C6H6N2O3/c1-11(14-3)8(12)6-4-9-5-10-7(6)13-2;1-11-5-4(6(9)10)2-7-3-8-5/h4-5H,1-3H3;2-3H,1H3,(H,9,10). The lowest BCUT2D eigenvalue weighted by Gasteiger charge is -2.14. The smallest absolute Gasteiger partial charge is 0.342 e. The molecule has 25 heavy (non-hydrogen) atoms. The van der Waals surface area contributed by atoms with Gasteiger partial charge in [0.1, 0.15) is 23.8 Å². The van der Waals surface area contributed by atoms with Crippen LogP contribution >= 0.6 is 0 Å². The van der Waals surface area contributed by atoms with E-state index in [2.05, 4.69) is 24.7 Å². The summed E-state index contributed by atoms with van der Waals surface area (Å²) in [7, 11) is 5.68. The summed E-state index contributed by atoms with van der Waals surface area (Å²) in [6.45, 7) is 0. The molecule has 0 fully saturated rings. The van der Waals surface area contributed by atoms with Crippen LogP contribution in [0.3, 0.4) is 0 Å². The van der Waals surface area contributed by atoms with E-state index in [0.717, 1.165) is 5.06 Å². The van der Waals surface area contributed by atoms with Crippen LogP contribution < -0.4 is 9.47 Å². The molecule has 1 N–H and O–H groups in total.